The van der Waals surface area contributed by atoms with Crippen LogP contribution >= 0.6 is 12.2 Å². The molecule has 0 bridgehead atoms. The lowest BCUT2D eigenvalue weighted by Crippen LogP contribution is -2.23. The molecule has 0 saturated heterocycles. The van der Waals surface area contributed by atoms with E-state index in [-0.39, 0.29) is 5.97 Å². The summed E-state index contributed by atoms with van der Waals surface area (Å²) in [5, 5.41) is 0.971. The zero-order valence-corrected chi connectivity index (χ0v) is 18.3. The number of hydrogen-bond donors (Lipinski definition) is 0. The Kier molecular flexibility index (Phi) is 8.49. The van der Waals surface area contributed by atoms with E-state index in [2.05, 4.69) is 13.0 Å². The van der Waals surface area contributed by atoms with Crippen LogP contribution < -0.4 is 4.74 Å². The Morgan fingerprint density at radius 1 is 1.00 bits per heavy atom. The molecule has 2 rings (SSSR count). The second-order valence-corrected chi connectivity index (χ2v) is 8.69. The predicted octanol–water partition coefficient (Wildman–Crippen LogP) is 6.78. The molecule has 1 aromatic carbocycles. The Morgan fingerprint density at radius 2 is 1.64 bits per heavy atom. The lowest BCUT2D eigenvalue weighted by atomic mass is 9.97. The van der Waals surface area contributed by atoms with E-state index in [1.807, 2.05) is 32.9 Å². The summed E-state index contributed by atoms with van der Waals surface area (Å²) in [6.07, 6.45) is 6.45. The van der Waals surface area contributed by atoms with Crippen LogP contribution in [-0.4, -0.2) is 19.2 Å². The Hall–Kier alpha value is -1.88. The fourth-order valence-corrected chi connectivity index (χ4v) is 3.04. The molecule has 0 spiro atoms. The van der Waals surface area contributed by atoms with E-state index in [0.717, 1.165) is 60.8 Å². The third-order valence-electron chi connectivity index (χ3n) is 4.50. The van der Waals surface area contributed by atoms with Crippen molar-refractivity contribution < 1.29 is 18.7 Å². The van der Waals surface area contributed by atoms with Crippen LogP contribution in [-0.2, 0) is 9.53 Å². The van der Waals surface area contributed by atoms with E-state index in [9.17, 15) is 4.79 Å². The van der Waals surface area contributed by atoms with E-state index in [1.165, 1.54) is 0 Å². The van der Waals surface area contributed by atoms with E-state index >= 15 is 0 Å². The molecule has 0 N–H and O–H groups in total. The average molecular weight is 405 g/mol. The summed E-state index contributed by atoms with van der Waals surface area (Å²) in [7, 11) is 0. The molecule has 5 heteroatoms. The van der Waals surface area contributed by atoms with E-state index < -0.39 is 5.41 Å². The van der Waals surface area contributed by atoms with Crippen molar-refractivity contribution >= 4 is 29.2 Å². The highest BCUT2D eigenvalue weighted by Crippen LogP contribution is 2.27. The minimum absolute atomic E-state index is 0.122. The average Bonchev–Trinajstić information content (AvgIpc) is 2.62. The second-order valence-electron chi connectivity index (χ2n) is 8.29. The quantitative estimate of drug-likeness (QED) is 0.248. The molecule has 1 heterocycles. The molecule has 154 valence electrons. The lowest BCUT2D eigenvalue weighted by molar-refractivity contribution is -0.153. The summed E-state index contributed by atoms with van der Waals surface area (Å²) in [5.41, 5.74) is 1.51. The van der Waals surface area contributed by atoms with Gasteiger partial charge in [-0.2, -0.15) is 0 Å². The summed E-state index contributed by atoms with van der Waals surface area (Å²) < 4.78 is 17.3. The predicted molar refractivity (Wildman–Crippen MR) is 115 cm³/mol. The summed E-state index contributed by atoms with van der Waals surface area (Å²) in [5.74, 6) is 0.680. The van der Waals surface area contributed by atoms with E-state index in [0.29, 0.717) is 17.9 Å². The zero-order chi connectivity index (χ0) is 20.6. The van der Waals surface area contributed by atoms with Crippen molar-refractivity contribution in [2.75, 3.05) is 13.2 Å². The van der Waals surface area contributed by atoms with Crippen LogP contribution in [0.3, 0.4) is 0 Å². The molecular weight excluding hydrogens is 372 g/mol. The number of unbranched alkanes of at least 4 members (excludes halogenated alkanes) is 5. The van der Waals surface area contributed by atoms with Crippen molar-refractivity contribution in [2.24, 2.45) is 5.41 Å². The summed E-state index contributed by atoms with van der Waals surface area (Å²) in [6.45, 7) is 8.87. The van der Waals surface area contributed by atoms with Crippen LogP contribution in [0.5, 0.6) is 5.75 Å². The third-order valence-corrected chi connectivity index (χ3v) is 4.70. The number of benzene rings is 1. The molecule has 0 aliphatic rings. The molecular formula is C23H32O4S. The van der Waals surface area contributed by atoms with Gasteiger partial charge in [-0.25, -0.2) is 0 Å². The first kappa shape index (κ1) is 22.4. The highest BCUT2D eigenvalue weighted by Gasteiger charge is 2.22. The molecule has 0 radical (unpaired) electrons. The van der Waals surface area contributed by atoms with Crippen molar-refractivity contribution in [3.8, 4) is 5.75 Å². The Bertz CT molecular complexity index is 833. The van der Waals surface area contributed by atoms with Gasteiger partial charge < -0.3 is 13.9 Å². The van der Waals surface area contributed by atoms with Crippen LogP contribution in [0.2, 0.25) is 0 Å². The first-order chi connectivity index (χ1) is 13.3. The fourth-order valence-electron chi connectivity index (χ4n) is 2.84. The first-order valence-corrected chi connectivity index (χ1v) is 10.5. The molecule has 0 saturated carbocycles. The minimum atomic E-state index is -0.414. The van der Waals surface area contributed by atoms with Gasteiger partial charge in [0.15, 0.2) is 4.71 Å². The van der Waals surface area contributed by atoms with E-state index in [4.69, 9.17) is 26.1 Å². The van der Waals surface area contributed by atoms with Gasteiger partial charge in [0.1, 0.15) is 11.3 Å². The zero-order valence-electron chi connectivity index (χ0n) is 17.5. The molecule has 0 unspecified atom stereocenters. The third kappa shape index (κ3) is 7.27. The van der Waals surface area contributed by atoms with Crippen molar-refractivity contribution in [1.29, 1.82) is 0 Å². The smallest absolute Gasteiger partial charge is 0.311 e. The standard InChI is InChI=1S/C23H32O4S/c1-17-11-12-19-18(15-17)20(16-21(28)27-19)25-13-9-7-5-6-8-10-14-26-22(24)23(2,3)4/h11-12,15-16H,5-10,13-14H2,1-4H3. The topological polar surface area (TPSA) is 48.7 Å². The highest BCUT2D eigenvalue weighted by molar-refractivity contribution is 7.71. The number of hydrogen-bond acceptors (Lipinski definition) is 5. The molecule has 4 nitrogen and oxygen atoms in total. The normalized spacial score (nSPS) is 11.6. The van der Waals surface area contributed by atoms with Crippen molar-refractivity contribution in [1.82, 2.24) is 0 Å². The van der Waals surface area contributed by atoms with Gasteiger partial charge in [-0.1, -0.05) is 37.3 Å². The number of aryl methyl sites for hydroxylation is 1. The van der Waals surface area contributed by atoms with Crippen molar-refractivity contribution in [3.05, 3.63) is 34.5 Å². The number of carbonyl (C=O) groups excluding carboxylic acids is 1. The second kappa shape index (κ2) is 10.6. The number of rotatable bonds is 10. The molecule has 0 amide bonds. The van der Waals surface area contributed by atoms with Crippen molar-refractivity contribution in [2.45, 2.75) is 66.2 Å². The van der Waals surface area contributed by atoms with Gasteiger partial charge >= 0.3 is 5.97 Å². The van der Waals surface area contributed by atoms with Gasteiger partial charge in [-0.15, -0.1) is 0 Å². The number of esters is 1. The molecule has 28 heavy (non-hydrogen) atoms. The molecule has 0 aliphatic heterocycles. The molecule has 1 aromatic heterocycles. The van der Waals surface area contributed by atoms with Crippen LogP contribution in [0.15, 0.2) is 28.7 Å². The first-order valence-electron chi connectivity index (χ1n) is 10.1. The van der Waals surface area contributed by atoms with Gasteiger partial charge in [0.2, 0.25) is 0 Å². The van der Waals surface area contributed by atoms with Crippen LogP contribution in [0.4, 0.5) is 0 Å². The van der Waals surface area contributed by atoms with Gasteiger partial charge in [0.05, 0.1) is 24.0 Å². The number of fused-ring (bicyclic) bond motifs is 1. The number of carbonyl (C=O) groups is 1. The molecule has 0 fully saturated rings. The molecule has 0 aliphatic carbocycles. The maximum absolute atomic E-state index is 11.7. The van der Waals surface area contributed by atoms with Gasteiger partial charge in [-0.3, -0.25) is 4.79 Å². The fraction of sp³-hybridized carbons (Fsp3) is 0.565. The summed E-state index contributed by atoms with van der Waals surface area (Å²) >= 11 is 5.19. The van der Waals surface area contributed by atoms with E-state index in [1.54, 1.807) is 6.07 Å². The van der Waals surface area contributed by atoms with Crippen molar-refractivity contribution in [3.63, 3.8) is 0 Å². The minimum Gasteiger partial charge on any atom is -0.493 e. The van der Waals surface area contributed by atoms with Crippen LogP contribution in [0.25, 0.3) is 11.0 Å². The molecule has 0 atom stereocenters. The van der Waals surface area contributed by atoms with Crippen LogP contribution in [0, 0.1) is 17.0 Å². The largest absolute Gasteiger partial charge is 0.493 e. The van der Waals surface area contributed by atoms with Gasteiger partial charge in [0.25, 0.3) is 0 Å². The monoisotopic (exact) mass is 404 g/mol. The molecule has 2 aromatic rings. The maximum Gasteiger partial charge on any atom is 0.311 e. The van der Waals surface area contributed by atoms with Gasteiger partial charge in [0, 0.05) is 6.07 Å². The Balaban J connectivity index is 1.61. The highest BCUT2D eigenvalue weighted by atomic mass is 32.1. The lowest BCUT2D eigenvalue weighted by Gasteiger charge is -2.16. The Morgan fingerprint density at radius 3 is 2.32 bits per heavy atom. The Labute approximate surface area is 173 Å². The maximum atomic E-state index is 11.7. The summed E-state index contributed by atoms with van der Waals surface area (Å²) in [6, 6.07) is 7.80. The summed E-state index contributed by atoms with van der Waals surface area (Å²) in [4.78, 5) is 11.7. The SMILES string of the molecule is Cc1ccc2oc(=S)cc(OCCCCCCCCOC(=O)C(C)(C)C)c2c1. The van der Waals surface area contributed by atoms with Crippen LogP contribution in [0.1, 0.15) is 64.9 Å². The number of ether oxygens (including phenoxy) is 2. The van der Waals surface area contributed by atoms with Gasteiger partial charge in [-0.05, 0) is 64.9 Å².